The van der Waals surface area contributed by atoms with E-state index in [0.29, 0.717) is 0 Å². The molecule has 1 rings (SSSR count). The van der Waals surface area contributed by atoms with Gasteiger partial charge in [-0.2, -0.15) is 0 Å². The van der Waals surface area contributed by atoms with E-state index in [1.807, 2.05) is 0 Å². The lowest BCUT2D eigenvalue weighted by atomic mass is 10.2. The molecule has 0 saturated heterocycles. The number of aliphatic carboxylic acids is 3. The van der Waals surface area contributed by atoms with E-state index in [1.54, 1.807) is 12.1 Å². The predicted octanol–water partition coefficient (Wildman–Crippen LogP) is 0.126. The molecule has 0 radical (unpaired) electrons. The number of carbonyl (C=O) groups is 3. The first kappa shape index (κ1) is 15.3. The van der Waals surface area contributed by atoms with Crippen molar-refractivity contribution in [3.63, 3.8) is 0 Å². The molecule has 8 heteroatoms. The van der Waals surface area contributed by atoms with Crippen LogP contribution in [0.25, 0.3) is 0 Å². The topological polar surface area (TPSA) is 124 Å². The summed E-state index contributed by atoms with van der Waals surface area (Å²) in [7, 11) is 0. The van der Waals surface area contributed by atoms with Gasteiger partial charge in [-0.05, 0) is 12.1 Å². The van der Waals surface area contributed by atoms with E-state index in [0.717, 1.165) is 4.90 Å². The van der Waals surface area contributed by atoms with Gasteiger partial charge in [0, 0.05) is 0 Å². The van der Waals surface area contributed by atoms with Crippen molar-refractivity contribution in [2.75, 3.05) is 24.6 Å². The molecule has 0 atom stereocenters. The minimum atomic E-state index is -1.21. The molecule has 0 aliphatic heterocycles. The van der Waals surface area contributed by atoms with Crippen LogP contribution in [-0.4, -0.2) is 52.9 Å². The number of rotatable bonds is 8. The third kappa shape index (κ3) is 4.84. The maximum atomic E-state index is 10.8. The van der Waals surface area contributed by atoms with Crippen LogP contribution in [0, 0.1) is 0 Å². The molecule has 0 saturated carbocycles. The molecule has 0 spiro atoms. The largest absolute Gasteiger partial charge is 0.480 e. The van der Waals surface area contributed by atoms with Gasteiger partial charge in [0.2, 0.25) is 0 Å². The fraction of sp³-hybridized carbons (Fsp3) is 0.250. The van der Waals surface area contributed by atoms with Crippen LogP contribution in [0.15, 0.2) is 24.3 Å². The van der Waals surface area contributed by atoms with Crippen LogP contribution in [0.3, 0.4) is 0 Å². The van der Waals surface area contributed by atoms with E-state index >= 15 is 0 Å². The van der Waals surface area contributed by atoms with Crippen LogP contribution in [0.1, 0.15) is 0 Å². The quantitative estimate of drug-likeness (QED) is 0.614. The number of para-hydroxylation sites is 2. The van der Waals surface area contributed by atoms with Crippen molar-refractivity contribution in [1.82, 2.24) is 0 Å². The molecule has 0 aromatic heterocycles. The van der Waals surface area contributed by atoms with Crippen LogP contribution >= 0.6 is 0 Å². The van der Waals surface area contributed by atoms with Crippen LogP contribution in [-0.2, 0) is 14.4 Å². The molecule has 108 valence electrons. The van der Waals surface area contributed by atoms with Gasteiger partial charge in [0.15, 0.2) is 6.61 Å². The average molecular weight is 283 g/mol. The fourth-order valence-corrected chi connectivity index (χ4v) is 1.53. The Morgan fingerprint density at radius 1 is 0.950 bits per heavy atom. The number of hydrogen-bond donors (Lipinski definition) is 3. The van der Waals surface area contributed by atoms with Crippen molar-refractivity contribution in [2.24, 2.45) is 0 Å². The number of carboxylic acids is 3. The maximum absolute atomic E-state index is 10.8. The molecular formula is C12H13NO7. The Hall–Kier alpha value is -2.77. The van der Waals surface area contributed by atoms with Gasteiger partial charge in [-0.1, -0.05) is 12.1 Å². The Bertz CT molecular complexity index is 498. The van der Waals surface area contributed by atoms with Gasteiger partial charge in [-0.25, -0.2) is 4.79 Å². The third-order valence-corrected chi connectivity index (χ3v) is 2.21. The highest BCUT2D eigenvalue weighted by molar-refractivity contribution is 5.81. The average Bonchev–Trinajstić information content (AvgIpc) is 2.34. The van der Waals surface area contributed by atoms with Crippen LogP contribution in [0.5, 0.6) is 5.75 Å². The Kier molecular flexibility index (Phi) is 5.33. The number of nitrogens with zero attached hydrogens (tertiary/aromatic N) is 1. The van der Waals surface area contributed by atoms with Gasteiger partial charge in [0.1, 0.15) is 18.8 Å². The van der Waals surface area contributed by atoms with Crippen LogP contribution in [0.2, 0.25) is 0 Å². The molecule has 20 heavy (non-hydrogen) atoms. The first-order valence-electron chi connectivity index (χ1n) is 5.52. The summed E-state index contributed by atoms with van der Waals surface area (Å²) < 4.78 is 5.02. The zero-order valence-corrected chi connectivity index (χ0v) is 10.4. The van der Waals surface area contributed by atoms with Gasteiger partial charge < -0.3 is 25.0 Å². The van der Waals surface area contributed by atoms with Gasteiger partial charge in [0.05, 0.1) is 5.69 Å². The molecule has 8 nitrogen and oxygen atoms in total. The zero-order chi connectivity index (χ0) is 15.1. The lowest BCUT2D eigenvalue weighted by Gasteiger charge is -2.23. The van der Waals surface area contributed by atoms with E-state index in [1.165, 1.54) is 12.1 Å². The summed E-state index contributed by atoms with van der Waals surface area (Å²) >= 11 is 0. The van der Waals surface area contributed by atoms with Crippen molar-refractivity contribution in [3.05, 3.63) is 24.3 Å². The number of anilines is 1. The Morgan fingerprint density at radius 2 is 1.50 bits per heavy atom. The van der Waals surface area contributed by atoms with E-state index in [-0.39, 0.29) is 11.4 Å². The van der Waals surface area contributed by atoms with E-state index < -0.39 is 37.6 Å². The van der Waals surface area contributed by atoms with Crippen molar-refractivity contribution < 1.29 is 34.4 Å². The van der Waals surface area contributed by atoms with Gasteiger partial charge >= 0.3 is 17.9 Å². The van der Waals surface area contributed by atoms with Crippen molar-refractivity contribution in [1.29, 1.82) is 0 Å². The SMILES string of the molecule is O=C(O)COc1ccccc1N(CC(=O)O)CC(=O)O. The number of benzene rings is 1. The van der Waals surface area contributed by atoms with Crippen LogP contribution < -0.4 is 9.64 Å². The minimum Gasteiger partial charge on any atom is -0.480 e. The Balaban J connectivity index is 3.01. The summed E-state index contributed by atoms with van der Waals surface area (Å²) in [6.45, 7) is -1.69. The zero-order valence-electron chi connectivity index (χ0n) is 10.4. The van der Waals surface area contributed by atoms with Gasteiger partial charge in [-0.3, -0.25) is 9.59 Å². The third-order valence-electron chi connectivity index (χ3n) is 2.21. The molecule has 0 heterocycles. The second-order valence-electron chi connectivity index (χ2n) is 3.79. The molecule has 0 aliphatic carbocycles. The monoisotopic (exact) mass is 283 g/mol. The normalized spacial score (nSPS) is 9.80. The summed E-state index contributed by atoms with van der Waals surface area (Å²) in [6, 6.07) is 6.04. The highest BCUT2D eigenvalue weighted by atomic mass is 16.5. The molecule has 0 aliphatic rings. The van der Waals surface area contributed by atoms with Gasteiger partial charge in [0.25, 0.3) is 0 Å². The molecule has 0 unspecified atom stereocenters. The van der Waals surface area contributed by atoms with Crippen LogP contribution in [0.4, 0.5) is 5.69 Å². The van der Waals surface area contributed by atoms with Crippen molar-refractivity contribution in [3.8, 4) is 5.75 Å². The summed E-state index contributed by atoms with van der Waals surface area (Å²) in [5.74, 6) is -3.50. The predicted molar refractivity (Wildman–Crippen MR) is 67.1 cm³/mol. The van der Waals surface area contributed by atoms with Crippen molar-refractivity contribution >= 4 is 23.6 Å². The second-order valence-corrected chi connectivity index (χ2v) is 3.79. The summed E-state index contributed by atoms with van der Waals surface area (Å²) in [5.41, 5.74) is 0.207. The number of carboxylic acid groups (broad SMARTS) is 3. The first-order valence-corrected chi connectivity index (χ1v) is 5.52. The molecule has 0 amide bonds. The lowest BCUT2D eigenvalue weighted by Crippen LogP contribution is -2.34. The maximum Gasteiger partial charge on any atom is 0.341 e. The van der Waals surface area contributed by atoms with E-state index in [4.69, 9.17) is 20.1 Å². The molecule has 0 bridgehead atoms. The Morgan fingerprint density at radius 3 is 2.00 bits per heavy atom. The summed E-state index contributed by atoms with van der Waals surface area (Å²) in [6.07, 6.45) is 0. The molecular weight excluding hydrogens is 270 g/mol. The standard InChI is InChI=1S/C12H13NO7/c14-10(15)5-13(6-11(16)17)8-3-1-2-4-9(8)20-7-12(18)19/h1-4H,5-7H2,(H,14,15)(H,16,17)(H,18,19). The summed E-state index contributed by atoms with van der Waals surface area (Å²) in [5, 5.41) is 26.2. The molecule has 3 N–H and O–H groups in total. The van der Waals surface area contributed by atoms with Crippen molar-refractivity contribution in [2.45, 2.75) is 0 Å². The smallest absolute Gasteiger partial charge is 0.341 e. The minimum absolute atomic E-state index is 0.109. The highest BCUT2D eigenvalue weighted by Crippen LogP contribution is 2.27. The van der Waals surface area contributed by atoms with E-state index in [2.05, 4.69) is 0 Å². The van der Waals surface area contributed by atoms with E-state index in [9.17, 15) is 14.4 Å². The first-order chi connectivity index (χ1) is 9.40. The lowest BCUT2D eigenvalue weighted by molar-refractivity contribution is -0.140. The molecule has 1 aromatic carbocycles. The van der Waals surface area contributed by atoms with Gasteiger partial charge in [-0.15, -0.1) is 0 Å². The fourth-order valence-electron chi connectivity index (χ4n) is 1.53. The molecule has 1 aromatic rings. The second kappa shape index (κ2) is 6.98. The Labute approximate surface area is 113 Å². The summed E-state index contributed by atoms with van der Waals surface area (Å²) in [4.78, 5) is 33.1. The molecule has 0 fully saturated rings. The highest BCUT2D eigenvalue weighted by Gasteiger charge is 2.18. The number of hydrogen-bond acceptors (Lipinski definition) is 5. The number of ether oxygens (including phenoxy) is 1.